The Balaban J connectivity index is 3.15. The predicted molar refractivity (Wildman–Crippen MR) is 165 cm³/mol. The van der Waals surface area contributed by atoms with Gasteiger partial charge in [0, 0.05) is 12.8 Å². The summed E-state index contributed by atoms with van der Waals surface area (Å²) in [5.41, 5.74) is 0. The van der Waals surface area contributed by atoms with Gasteiger partial charge in [-0.3, -0.25) is 14.4 Å². The minimum Gasteiger partial charge on any atom is -0.476 e. The van der Waals surface area contributed by atoms with Gasteiger partial charge in [0.05, 0.1) is 125 Å². The second-order valence-corrected chi connectivity index (χ2v) is 9.64. The number of ether oxygens (including phenoxy) is 11. The van der Waals surface area contributed by atoms with Crippen molar-refractivity contribution in [3.05, 3.63) is 0 Å². The molecule has 0 spiro atoms. The fourth-order valence-electron chi connectivity index (χ4n) is 3.28. The molecule has 0 fully saturated rings. The number of aliphatic carboxylic acids is 1. The van der Waals surface area contributed by atoms with E-state index in [-0.39, 0.29) is 38.6 Å². The number of unbranched alkanes of at least 4 members (excludes halogenated alkanes) is 2. The molecule has 47 heavy (non-hydrogen) atoms. The van der Waals surface area contributed by atoms with Crippen LogP contribution in [0.3, 0.4) is 0 Å². The lowest BCUT2D eigenvalue weighted by molar-refractivity contribution is -0.151. The van der Waals surface area contributed by atoms with E-state index in [0.29, 0.717) is 119 Å². The lowest BCUT2D eigenvalue weighted by atomic mass is 10.2. The SMILES string of the molecule is CCCCCC(=O)OCCOCCOCCOCCOCCOCCOCCOCCOCCOCCOC(=O)CCC(=O)C(=O)O. The Morgan fingerprint density at radius 1 is 0.383 bits per heavy atom. The zero-order chi connectivity index (χ0) is 34.5. The van der Waals surface area contributed by atoms with Crippen molar-refractivity contribution >= 4 is 23.7 Å². The van der Waals surface area contributed by atoms with Gasteiger partial charge in [-0.2, -0.15) is 0 Å². The van der Waals surface area contributed by atoms with E-state index in [1.54, 1.807) is 0 Å². The third-order valence-corrected chi connectivity index (χ3v) is 5.74. The number of carbonyl (C=O) groups excluding carboxylic acids is 3. The zero-order valence-corrected chi connectivity index (χ0v) is 28.0. The second-order valence-electron chi connectivity index (χ2n) is 9.64. The Morgan fingerprint density at radius 3 is 0.936 bits per heavy atom. The summed E-state index contributed by atoms with van der Waals surface area (Å²) in [7, 11) is 0. The van der Waals surface area contributed by atoms with Crippen LogP contribution in [0.2, 0.25) is 0 Å². The number of hydrogen-bond donors (Lipinski definition) is 1. The van der Waals surface area contributed by atoms with E-state index in [4.69, 9.17) is 57.2 Å². The number of ketones is 1. The minimum atomic E-state index is -1.57. The summed E-state index contributed by atoms with van der Waals surface area (Å²) >= 11 is 0. The van der Waals surface area contributed by atoms with E-state index in [9.17, 15) is 19.2 Å². The van der Waals surface area contributed by atoms with Crippen LogP contribution >= 0.6 is 0 Å². The predicted octanol–water partition coefficient (Wildman–Crippen LogP) is 1.24. The van der Waals surface area contributed by atoms with Crippen LogP contribution in [0.4, 0.5) is 0 Å². The molecule has 0 saturated carbocycles. The molecule has 0 amide bonds. The van der Waals surface area contributed by atoms with Crippen LogP contribution in [0.5, 0.6) is 0 Å². The summed E-state index contributed by atoms with van der Waals surface area (Å²) in [5, 5.41) is 8.44. The van der Waals surface area contributed by atoms with Gasteiger partial charge < -0.3 is 57.2 Å². The van der Waals surface area contributed by atoms with Crippen molar-refractivity contribution in [3.63, 3.8) is 0 Å². The molecule has 0 unspecified atom stereocenters. The smallest absolute Gasteiger partial charge is 0.372 e. The van der Waals surface area contributed by atoms with Crippen LogP contribution in [0, 0.1) is 0 Å². The lowest BCUT2D eigenvalue weighted by Crippen LogP contribution is -2.17. The molecule has 0 atom stereocenters. The van der Waals surface area contributed by atoms with Gasteiger partial charge in [0.1, 0.15) is 13.2 Å². The summed E-state index contributed by atoms with van der Waals surface area (Å²) in [6.07, 6.45) is 2.78. The van der Waals surface area contributed by atoms with Crippen molar-refractivity contribution in [2.75, 3.05) is 132 Å². The van der Waals surface area contributed by atoms with Crippen LogP contribution < -0.4 is 0 Å². The topological polar surface area (TPSA) is 190 Å². The van der Waals surface area contributed by atoms with Crippen LogP contribution in [0.15, 0.2) is 0 Å². The van der Waals surface area contributed by atoms with Gasteiger partial charge >= 0.3 is 17.9 Å². The van der Waals surface area contributed by atoms with Gasteiger partial charge in [-0.1, -0.05) is 19.8 Å². The fraction of sp³-hybridized carbons (Fsp3) is 0.871. The molecule has 0 heterocycles. The van der Waals surface area contributed by atoms with Gasteiger partial charge in [-0.15, -0.1) is 0 Å². The van der Waals surface area contributed by atoms with E-state index in [2.05, 4.69) is 6.92 Å². The Kier molecular flexibility index (Phi) is 34.8. The third-order valence-electron chi connectivity index (χ3n) is 5.74. The van der Waals surface area contributed by atoms with Crippen LogP contribution in [0.1, 0.15) is 45.4 Å². The standard InChI is InChI=1S/C31H56O16/c1-2-3-4-5-29(33)46-26-24-44-22-20-42-18-16-40-14-12-38-10-8-37-9-11-39-13-15-41-17-19-43-21-23-45-25-27-47-30(34)7-6-28(32)31(35)36/h2-27H2,1H3,(H,35,36). The Hall–Kier alpha value is -2.28. The summed E-state index contributed by atoms with van der Waals surface area (Å²) < 4.78 is 58.5. The Morgan fingerprint density at radius 2 is 0.660 bits per heavy atom. The first kappa shape index (κ1) is 44.7. The number of carbonyl (C=O) groups is 4. The van der Waals surface area contributed by atoms with E-state index in [1.165, 1.54) is 0 Å². The fourth-order valence-corrected chi connectivity index (χ4v) is 3.28. The van der Waals surface area contributed by atoms with Gasteiger partial charge in [-0.25, -0.2) is 4.79 Å². The Bertz CT molecular complexity index is 751. The van der Waals surface area contributed by atoms with Crippen molar-refractivity contribution < 1.29 is 76.4 Å². The van der Waals surface area contributed by atoms with Crippen molar-refractivity contribution in [1.82, 2.24) is 0 Å². The summed E-state index contributed by atoms with van der Waals surface area (Å²) in [4.78, 5) is 44.1. The molecule has 0 aliphatic carbocycles. The first-order valence-corrected chi connectivity index (χ1v) is 16.2. The highest BCUT2D eigenvalue weighted by atomic mass is 16.6. The molecular weight excluding hydrogens is 628 g/mol. The number of hydrogen-bond acceptors (Lipinski definition) is 15. The van der Waals surface area contributed by atoms with Gasteiger partial charge in [0.25, 0.3) is 0 Å². The van der Waals surface area contributed by atoms with Gasteiger partial charge in [-0.05, 0) is 6.42 Å². The summed E-state index contributed by atoms with van der Waals surface area (Å²) in [6.45, 7) is 9.83. The normalized spacial score (nSPS) is 11.1. The first-order valence-electron chi connectivity index (χ1n) is 16.2. The highest BCUT2D eigenvalue weighted by Crippen LogP contribution is 2.00. The first-order chi connectivity index (χ1) is 23.0. The van der Waals surface area contributed by atoms with Crippen LogP contribution in [-0.2, 0) is 71.3 Å². The second kappa shape index (κ2) is 36.6. The molecule has 0 saturated heterocycles. The maximum atomic E-state index is 11.4. The average Bonchev–Trinajstić information content (AvgIpc) is 3.06. The maximum absolute atomic E-state index is 11.4. The quantitative estimate of drug-likeness (QED) is 0.0555. The van der Waals surface area contributed by atoms with Crippen molar-refractivity contribution in [2.45, 2.75) is 45.4 Å². The van der Waals surface area contributed by atoms with Crippen LogP contribution in [-0.4, -0.2) is 161 Å². The molecule has 1 N–H and O–H groups in total. The average molecular weight is 685 g/mol. The highest BCUT2D eigenvalue weighted by molar-refractivity contribution is 6.32. The van der Waals surface area contributed by atoms with Gasteiger partial charge in [0.15, 0.2) is 0 Å². The van der Waals surface area contributed by atoms with Gasteiger partial charge in [0.2, 0.25) is 5.78 Å². The number of Topliss-reactive ketones (excluding diaryl/α,β-unsaturated/α-hetero) is 1. The molecule has 0 radical (unpaired) electrons. The molecule has 0 aliphatic heterocycles. The van der Waals surface area contributed by atoms with E-state index in [1.807, 2.05) is 0 Å². The molecule has 16 nitrogen and oxygen atoms in total. The molecule has 16 heteroatoms. The molecule has 0 bridgehead atoms. The molecular formula is C31H56O16. The monoisotopic (exact) mass is 684 g/mol. The number of carboxylic acids is 1. The van der Waals surface area contributed by atoms with E-state index in [0.717, 1.165) is 19.3 Å². The van der Waals surface area contributed by atoms with E-state index >= 15 is 0 Å². The highest BCUT2D eigenvalue weighted by Gasteiger charge is 2.14. The van der Waals surface area contributed by atoms with Crippen LogP contribution in [0.25, 0.3) is 0 Å². The van der Waals surface area contributed by atoms with Crippen molar-refractivity contribution in [2.24, 2.45) is 0 Å². The zero-order valence-electron chi connectivity index (χ0n) is 28.0. The lowest BCUT2D eigenvalue weighted by Gasteiger charge is -2.09. The largest absolute Gasteiger partial charge is 0.476 e. The van der Waals surface area contributed by atoms with E-state index < -0.39 is 17.7 Å². The molecule has 0 aliphatic rings. The maximum Gasteiger partial charge on any atom is 0.372 e. The minimum absolute atomic E-state index is 0.0109. The van der Waals surface area contributed by atoms with Crippen molar-refractivity contribution in [1.29, 1.82) is 0 Å². The number of carboxylic acid groups (broad SMARTS) is 1. The molecule has 0 aromatic heterocycles. The Labute approximate surface area is 277 Å². The summed E-state index contributed by atoms with van der Waals surface area (Å²) in [6, 6.07) is 0. The number of esters is 2. The third kappa shape index (κ3) is 36.4. The van der Waals surface area contributed by atoms with Crippen molar-refractivity contribution in [3.8, 4) is 0 Å². The molecule has 0 aromatic carbocycles. The molecule has 0 aromatic rings. The molecule has 276 valence electrons. The summed E-state index contributed by atoms with van der Waals surface area (Å²) in [5.74, 6) is -3.42. The molecule has 0 rings (SSSR count). The number of rotatable bonds is 38.